The zero-order valence-corrected chi connectivity index (χ0v) is 7.56. The Morgan fingerprint density at radius 2 is 2.09 bits per heavy atom. The van der Waals surface area contributed by atoms with Crippen LogP contribution in [-0.4, -0.2) is 26.9 Å². The van der Waals surface area contributed by atoms with Crippen molar-refractivity contribution in [3.63, 3.8) is 0 Å². The molecule has 0 aliphatic rings. The van der Waals surface area contributed by atoms with Crippen molar-refractivity contribution in [2.45, 2.75) is 19.8 Å². The van der Waals surface area contributed by atoms with Crippen LogP contribution < -0.4 is 0 Å². The van der Waals surface area contributed by atoms with E-state index in [0.717, 1.165) is 18.6 Å². The van der Waals surface area contributed by atoms with E-state index in [4.69, 9.17) is 9.47 Å². The molecule has 0 aromatic rings. The average molecular weight is 158 g/mol. The molecule has 66 valence electrons. The molecule has 11 heavy (non-hydrogen) atoms. The molecule has 0 atom stereocenters. The standard InChI is InChI=1S/C9H18O2/c1-4-5-6-11-8-9(2)7-10-3/h2,4-8H2,1,3H3. The van der Waals surface area contributed by atoms with Gasteiger partial charge in [0, 0.05) is 13.7 Å². The Hall–Kier alpha value is -0.340. The Morgan fingerprint density at radius 3 is 2.64 bits per heavy atom. The first kappa shape index (κ1) is 10.7. The minimum Gasteiger partial charge on any atom is -0.380 e. The molecule has 0 fully saturated rings. The second-order valence-electron chi connectivity index (χ2n) is 2.59. The highest BCUT2D eigenvalue weighted by atomic mass is 16.5. The highest BCUT2D eigenvalue weighted by Crippen LogP contribution is 1.94. The zero-order valence-electron chi connectivity index (χ0n) is 7.56. The fourth-order valence-electron chi connectivity index (χ4n) is 0.709. The number of rotatable bonds is 7. The second-order valence-corrected chi connectivity index (χ2v) is 2.59. The Balaban J connectivity index is 3.04. The molecular formula is C9H18O2. The molecule has 0 aromatic heterocycles. The van der Waals surface area contributed by atoms with Gasteiger partial charge in [-0.1, -0.05) is 19.9 Å². The van der Waals surface area contributed by atoms with Crippen molar-refractivity contribution in [3.05, 3.63) is 12.2 Å². The Kier molecular flexibility index (Phi) is 7.52. The second kappa shape index (κ2) is 7.76. The summed E-state index contributed by atoms with van der Waals surface area (Å²) in [5, 5.41) is 0. The number of ether oxygens (including phenoxy) is 2. The minimum atomic E-state index is 0.603. The van der Waals surface area contributed by atoms with Crippen LogP contribution in [0.5, 0.6) is 0 Å². The molecule has 2 heteroatoms. The van der Waals surface area contributed by atoms with Gasteiger partial charge in [-0.15, -0.1) is 0 Å². The monoisotopic (exact) mass is 158 g/mol. The fraction of sp³-hybridized carbons (Fsp3) is 0.778. The van der Waals surface area contributed by atoms with Gasteiger partial charge in [0.05, 0.1) is 13.2 Å². The highest BCUT2D eigenvalue weighted by Gasteiger charge is 1.92. The van der Waals surface area contributed by atoms with Crippen LogP contribution in [0.4, 0.5) is 0 Å². The molecule has 0 aromatic carbocycles. The van der Waals surface area contributed by atoms with Crippen LogP contribution in [0.25, 0.3) is 0 Å². The molecule has 0 aliphatic carbocycles. The van der Waals surface area contributed by atoms with Crippen molar-refractivity contribution >= 4 is 0 Å². The molecule has 0 amide bonds. The maximum Gasteiger partial charge on any atom is 0.0696 e. The molecule has 0 aliphatic heterocycles. The van der Waals surface area contributed by atoms with Crippen molar-refractivity contribution in [1.82, 2.24) is 0 Å². The summed E-state index contributed by atoms with van der Waals surface area (Å²) in [6.45, 7) is 8.01. The third-order valence-corrected chi connectivity index (χ3v) is 1.30. The summed E-state index contributed by atoms with van der Waals surface area (Å²) in [5.74, 6) is 0. The summed E-state index contributed by atoms with van der Waals surface area (Å²) in [7, 11) is 1.66. The van der Waals surface area contributed by atoms with Gasteiger partial charge >= 0.3 is 0 Å². The Bertz CT molecular complexity index is 99.7. The summed E-state index contributed by atoms with van der Waals surface area (Å²) in [4.78, 5) is 0. The SMILES string of the molecule is C=C(COC)COCCCC. The van der Waals surface area contributed by atoms with Crippen molar-refractivity contribution < 1.29 is 9.47 Å². The number of methoxy groups -OCH3 is 1. The number of unbranched alkanes of at least 4 members (excludes halogenated alkanes) is 1. The summed E-state index contributed by atoms with van der Waals surface area (Å²) in [6.07, 6.45) is 2.30. The molecule has 0 heterocycles. The van der Waals surface area contributed by atoms with Gasteiger partial charge in [-0.25, -0.2) is 0 Å². The summed E-state index contributed by atoms with van der Waals surface area (Å²) >= 11 is 0. The molecule has 0 N–H and O–H groups in total. The van der Waals surface area contributed by atoms with E-state index in [-0.39, 0.29) is 0 Å². The van der Waals surface area contributed by atoms with Crippen molar-refractivity contribution in [2.24, 2.45) is 0 Å². The van der Waals surface area contributed by atoms with Crippen LogP contribution >= 0.6 is 0 Å². The van der Waals surface area contributed by atoms with Gasteiger partial charge in [-0.3, -0.25) is 0 Å². The molecule has 0 rings (SSSR count). The first-order valence-corrected chi connectivity index (χ1v) is 4.04. The third kappa shape index (κ3) is 7.56. The molecule has 0 radical (unpaired) electrons. The summed E-state index contributed by atoms with van der Waals surface area (Å²) in [5.41, 5.74) is 1.00. The van der Waals surface area contributed by atoms with E-state index in [1.54, 1.807) is 7.11 Å². The lowest BCUT2D eigenvalue weighted by atomic mass is 10.3. The lowest BCUT2D eigenvalue weighted by Crippen LogP contribution is -2.03. The van der Waals surface area contributed by atoms with Gasteiger partial charge in [0.1, 0.15) is 0 Å². The lowest BCUT2D eigenvalue weighted by Gasteiger charge is -2.04. The van der Waals surface area contributed by atoms with Gasteiger partial charge in [-0.2, -0.15) is 0 Å². The summed E-state index contributed by atoms with van der Waals surface area (Å²) in [6, 6.07) is 0. The third-order valence-electron chi connectivity index (χ3n) is 1.30. The predicted molar refractivity (Wildman–Crippen MR) is 46.7 cm³/mol. The topological polar surface area (TPSA) is 18.5 Å². The molecule has 0 spiro atoms. The van der Waals surface area contributed by atoms with Gasteiger partial charge in [0.15, 0.2) is 0 Å². The first-order chi connectivity index (χ1) is 5.31. The van der Waals surface area contributed by atoms with E-state index in [1.165, 1.54) is 6.42 Å². The van der Waals surface area contributed by atoms with E-state index in [9.17, 15) is 0 Å². The maximum atomic E-state index is 5.31. The molecule has 0 saturated heterocycles. The van der Waals surface area contributed by atoms with Crippen molar-refractivity contribution in [1.29, 1.82) is 0 Å². The number of hydrogen-bond acceptors (Lipinski definition) is 2. The minimum absolute atomic E-state index is 0.603. The van der Waals surface area contributed by atoms with E-state index < -0.39 is 0 Å². The molecule has 0 saturated carbocycles. The largest absolute Gasteiger partial charge is 0.380 e. The van der Waals surface area contributed by atoms with Crippen molar-refractivity contribution in [2.75, 3.05) is 26.9 Å². The Morgan fingerprint density at radius 1 is 1.36 bits per heavy atom. The first-order valence-electron chi connectivity index (χ1n) is 4.04. The van der Waals surface area contributed by atoms with Crippen molar-refractivity contribution in [3.8, 4) is 0 Å². The van der Waals surface area contributed by atoms with E-state index in [0.29, 0.717) is 13.2 Å². The Labute approximate surface area is 69.2 Å². The predicted octanol–water partition coefficient (Wildman–Crippen LogP) is 2.01. The molecule has 0 bridgehead atoms. The lowest BCUT2D eigenvalue weighted by molar-refractivity contribution is 0.136. The van der Waals surface area contributed by atoms with E-state index >= 15 is 0 Å². The van der Waals surface area contributed by atoms with Crippen LogP contribution in [0.1, 0.15) is 19.8 Å². The van der Waals surface area contributed by atoms with Crippen LogP contribution in [-0.2, 0) is 9.47 Å². The molecular weight excluding hydrogens is 140 g/mol. The normalized spacial score (nSPS) is 10.0. The smallest absolute Gasteiger partial charge is 0.0696 e. The molecule has 2 nitrogen and oxygen atoms in total. The van der Waals surface area contributed by atoms with E-state index in [1.807, 2.05) is 0 Å². The van der Waals surface area contributed by atoms with Crippen LogP contribution in [0.3, 0.4) is 0 Å². The van der Waals surface area contributed by atoms with Crippen LogP contribution in [0.2, 0.25) is 0 Å². The number of hydrogen-bond donors (Lipinski definition) is 0. The average Bonchev–Trinajstić information content (AvgIpc) is 1.99. The van der Waals surface area contributed by atoms with Gasteiger partial charge in [0.2, 0.25) is 0 Å². The maximum absolute atomic E-state index is 5.31. The van der Waals surface area contributed by atoms with Gasteiger partial charge in [-0.05, 0) is 12.0 Å². The summed E-state index contributed by atoms with van der Waals surface area (Å²) < 4.78 is 10.2. The quantitative estimate of drug-likeness (QED) is 0.417. The van der Waals surface area contributed by atoms with Crippen LogP contribution in [0.15, 0.2) is 12.2 Å². The van der Waals surface area contributed by atoms with E-state index in [2.05, 4.69) is 13.5 Å². The van der Waals surface area contributed by atoms with Gasteiger partial charge in [0.25, 0.3) is 0 Å². The van der Waals surface area contributed by atoms with Crippen LogP contribution in [0, 0.1) is 0 Å². The fourth-order valence-corrected chi connectivity index (χ4v) is 0.709. The zero-order chi connectivity index (χ0) is 8.53. The van der Waals surface area contributed by atoms with Gasteiger partial charge < -0.3 is 9.47 Å². The highest BCUT2D eigenvalue weighted by molar-refractivity contribution is 4.93. The molecule has 0 unspecified atom stereocenters.